The predicted octanol–water partition coefficient (Wildman–Crippen LogP) is 5.94. The molecule has 1 aromatic heterocycles. The Balaban J connectivity index is 2.08. The Hall–Kier alpha value is -0.850. The van der Waals surface area contributed by atoms with E-state index in [-0.39, 0.29) is 16.8 Å². The van der Waals surface area contributed by atoms with Gasteiger partial charge in [0.1, 0.15) is 5.75 Å². The molecule has 1 aromatic carbocycles. The van der Waals surface area contributed by atoms with E-state index in [4.69, 9.17) is 11.6 Å². The third-order valence-electron chi connectivity index (χ3n) is 2.55. The summed E-state index contributed by atoms with van der Waals surface area (Å²) in [5, 5.41) is 3.40. The van der Waals surface area contributed by atoms with Crippen LogP contribution >= 0.6 is 38.9 Å². The van der Waals surface area contributed by atoms with Crippen LogP contribution < -0.4 is 10.1 Å². The van der Waals surface area contributed by atoms with Gasteiger partial charge in [0.05, 0.1) is 14.9 Å². The summed E-state index contributed by atoms with van der Waals surface area (Å²) in [4.78, 5) is 1.15. The number of hydrogen-bond acceptors (Lipinski definition) is 3. The summed E-state index contributed by atoms with van der Waals surface area (Å²) in [6, 6.07) is 8.73. The fourth-order valence-corrected chi connectivity index (χ4v) is 3.32. The van der Waals surface area contributed by atoms with Gasteiger partial charge in [-0.15, -0.1) is 11.3 Å². The van der Waals surface area contributed by atoms with Crippen LogP contribution in [0.15, 0.2) is 34.1 Å². The molecule has 20 heavy (non-hydrogen) atoms. The van der Waals surface area contributed by atoms with Crippen molar-refractivity contribution < 1.29 is 13.5 Å². The Morgan fingerprint density at radius 1 is 1.30 bits per heavy atom. The number of rotatable bonds is 5. The topological polar surface area (TPSA) is 21.3 Å². The van der Waals surface area contributed by atoms with E-state index in [1.165, 1.54) is 6.07 Å². The molecule has 1 atom stereocenters. The van der Waals surface area contributed by atoms with Gasteiger partial charge in [-0.25, -0.2) is 0 Å². The maximum absolute atomic E-state index is 12.1. The molecule has 0 saturated carbocycles. The van der Waals surface area contributed by atoms with Crippen LogP contribution in [-0.2, 0) is 0 Å². The molecule has 2 nitrogen and oxygen atoms in total. The van der Waals surface area contributed by atoms with Crippen molar-refractivity contribution in [1.82, 2.24) is 0 Å². The SMILES string of the molecule is CC(Nc1ccc(OC(F)F)c(Cl)c1)c1ccc(Br)s1. The van der Waals surface area contributed by atoms with Crippen molar-refractivity contribution in [3.63, 3.8) is 0 Å². The fraction of sp³-hybridized carbons (Fsp3) is 0.231. The molecule has 0 aliphatic heterocycles. The van der Waals surface area contributed by atoms with E-state index < -0.39 is 6.61 Å². The molecule has 2 rings (SSSR count). The first-order valence-electron chi connectivity index (χ1n) is 5.72. The minimum absolute atomic E-state index is 0.0289. The molecule has 0 saturated heterocycles. The summed E-state index contributed by atoms with van der Waals surface area (Å²) in [6.45, 7) is -0.871. The lowest BCUT2D eigenvalue weighted by Gasteiger charge is -2.15. The first-order valence-corrected chi connectivity index (χ1v) is 7.70. The van der Waals surface area contributed by atoms with Crippen LogP contribution in [0.3, 0.4) is 0 Å². The maximum atomic E-state index is 12.1. The first kappa shape index (κ1) is 15.5. The second-order valence-electron chi connectivity index (χ2n) is 4.03. The minimum Gasteiger partial charge on any atom is -0.433 e. The molecule has 0 fully saturated rings. The fourth-order valence-electron chi connectivity index (χ4n) is 1.66. The Bertz CT molecular complexity index is 594. The highest BCUT2D eigenvalue weighted by Crippen LogP contribution is 2.32. The van der Waals surface area contributed by atoms with Gasteiger partial charge < -0.3 is 10.1 Å². The van der Waals surface area contributed by atoms with Crippen LogP contribution in [0.1, 0.15) is 17.8 Å². The second-order valence-corrected chi connectivity index (χ2v) is 6.93. The van der Waals surface area contributed by atoms with Crippen molar-refractivity contribution in [2.75, 3.05) is 5.32 Å². The number of thiophene rings is 1. The minimum atomic E-state index is -2.88. The zero-order chi connectivity index (χ0) is 14.7. The van der Waals surface area contributed by atoms with Crippen LogP contribution in [-0.4, -0.2) is 6.61 Å². The van der Waals surface area contributed by atoms with E-state index in [2.05, 4.69) is 26.0 Å². The Morgan fingerprint density at radius 3 is 2.60 bits per heavy atom. The number of halogens is 4. The monoisotopic (exact) mass is 381 g/mol. The van der Waals surface area contributed by atoms with Crippen molar-refractivity contribution in [1.29, 1.82) is 0 Å². The Kier molecular flexibility index (Phi) is 5.23. The molecule has 0 aliphatic rings. The highest BCUT2D eigenvalue weighted by molar-refractivity contribution is 9.11. The normalized spacial score (nSPS) is 12.5. The summed E-state index contributed by atoms with van der Waals surface area (Å²) in [7, 11) is 0. The van der Waals surface area contributed by atoms with Gasteiger partial charge in [0.2, 0.25) is 0 Å². The number of alkyl halides is 2. The molecule has 0 spiro atoms. The average molecular weight is 383 g/mol. The summed E-state index contributed by atoms with van der Waals surface area (Å²) < 4.78 is 29.6. The van der Waals surface area contributed by atoms with E-state index in [9.17, 15) is 8.78 Å². The lowest BCUT2D eigenvalue weighted by Crippen LogP contribution is -2.06. The smallest absolute Gasteiger partial charge is 0.387 e. The van der Waals surface area contributed by atoms with Crippen molar-refractivity contribution in [3.8, 4) is 5.75 Å². The van der Waals surface area contributed by atoms with Gasteiger partial charge in [-0.2, -0.15) is 8.78 Å². The molecule has 0 amide bonds. The predicted molar refractivity (Wildman–Crippen MR) is 82.1 cm³/mol. The summed E-state index contributed by atoms with van der Waals surface area (Å²) in [5.41, 5.74) is 0.744. The molecule has 0 radical (unpaired) electrons. The largest absolute Gasteiger partial charge is 0.433 e. The second kappa shape index (κ2) is 6.74. The van der Waals surface area contributed by atoms with Crippen molar-refractivity contribution >= 4 is 44.6 Å². The average Bonchev–Trinajstić information content (AvgIpc) is 2.79. The van der Waals surface area contributed by atoms with Gasteiger partial charge >= 0.3 is 6.61 Å². The summed E-state index contributed by atoms with van der Waals surface area (Å²) >= 11 is 10.9. The molecular formula is C13H11BrClF2NOS. The number of anilines is 1. The zero-order valence-electron chi connectivity index (χ0n) is 10.4. The molecule has 1 N–H and O–H groups in total. The first-order chi connectivity index (χ1) is 9.45. The highest BCUT2D eigenvalue weighted by atomic mass is 79.9. The van der Waals surface area contributed by atoms with Crippen LogP contribution in [0.5, 0.6) is 5.75 Å². The van der Waals surface area contributed by atoms with Crippen molar-refractivity contribution in [2.24, 2.45) is 0 Å². The number of benzene rings is 1. The van der Waals surface area contributed by atoms with Crippen LogP contribution in [0.4, 0.5) is 14.5 Å². The third-order valence-corrected chi connectivity index (χ3v) is 4.65. The molecule has 1 heterocycles. The molecular weight excluding hydrogens is 372 g/mol. The number of hydrogen-bond donors (Lipinski definition) is 1. The van der Waals surface area contributed by atoms with E-state index >= 15 is 0 Å². The summed E-state index contributed by atoms with van der Waals surface area (Å²) in [6.07, 6.45) is 0. The molecule has 0 aliphatic carbocycles. The van der Waals surface area contributed by atoms with Gasteiger partial charge in [0, 0.05) is 10.6 Å². The van der Waals surface area contributed by atoms with Gasteiger partial charge in [-0.05, 0) is 53.2 Å². The quantitative estimate of drug-likeness (QED) is 0.691. The van der Waals surface area contributed by atoms with E-state index in [1.54, 1.807) is 23.5 Å². The van der Waals surface area contributed by atoms with E-state index in [0.717, 1.165) is 14.4 Å². The van der Waals surface area contributed by atoms with Crippen LogP contribution in [0, 0.1) is 0 Å². The number of ether oxygens (including phenoxy) is 1. The van der Waals surface area contributed by atoms with E-state index in [1.807, 2.05) is 19.1 Å². The molecule has 108 valence electrons. The lowest BCUT2D eigenvalue weighted by molar-refractivity contribution is -0.0497. The standard InChI is InChI=1S/C13H11BrClF2NOS/c1-7(11-4-5-12(14)20-11)18-8-2-3-10(9(15)6-8)19-13(16)17/h2-7,13,18H,1H3. The van der Waals surface area contributed by atoms with E-state index in [0.29, 0.717) is 0 Å². The van der Waals surface area contributed by atoms with Gasteiger partial charge in [-0.3, -0.25) is 0 Å². The van der Waals surface area contributed by atoms with Gasteiger partial charge in [-0.1, -0.05) is 11.6 Å². The van der Waals surface area contributed by atoms with Gasteiger partial charge in [0.25, 0.3) is 0 Å². The zero-order valence-corrected chi connectivity index (χ0v) is 13.5. The Labute approximate surface area is 132 Å². The molecule has 0 bridgehead atoms. The number of nitrogens with one attached hydrogen (secondary N) is 1. The maximum Gasteiger partial charge on any atom is 0.387 e. The summed E-state index contributed by atoms with van der Waals surface area (Å²) in [5.74, 6) is -0.0289. The molecule has 1 unspecified atom stereocenters. The third kappa shape index (κ3) is 4.07. The lowest BCUT2D eigenvalue weighted by atomic mass is 10.2. The Morgan fingerprint density at radius 2 is 2.05 bits per heavy atom. The molecule has 7 heteroatoms. The molecule has 2 aromatic rings. The van der Waals surface area contributed by atoms with Gasteiger partial charge in [0.15, 0.2) is 0 Å². The van der Waals surface area contributed by atoms with Crippen molar-refractivity contribution in [2.45, 2.75) is 19.6 Å². The van der Waals surface area contributed by atoms with Crippen molar-refractivity contribution in [3.05, 3.63) is 44.0 Å². The highest BCUT2D eigenvalue weighted by Gasteiger charge is 2.11. The van der Waals surface area contributed by atoms with Crippen LogP contribution in [0.2, 0.25) is 5.02 Å². The van der Waals surface area contributed by atoms with Crippen LogP contribution in [0.25, 0.3) is 0 Å².